The number of carboxylic acids is 1. The first kappa shape index (κ1) is 22.7. The Morgan fingerprint density at radius 1 is 1.35 bits per heavy atom. The first-order chi connectivity index (χ1) is 14.7. The summed E-state index contributed by atoms with van der Waals surface area (Å²) < 4.78 is 20.2. The number of carboxylic acid groups (broad SMARTS) is 1. The molecule has 1 aromatic rings. The zero-order valence-corrected chi connectivity index (χ0v) is 18.2. The number of benzene rings is 1. The number of aryl methyl sites for hydroxylation is 1. The molecule has 0 radical (unpaired) electrons. The average molecular weight is 429 g/mol. The van der Waals surface area contributed by atoms with Crippen LogP contribution >= 0.6 is 0 Å². The molecule has 2 atom stereocenters. The summed E-state index contributed by atoms with van der Waals surface area (Å²) in [7, 11) is 1.51. The molecular formula is C24H28FNO5. The molecule has 166 valence electrons. The van der Waals surface area contributed by atoms with Crippen LogP contribution in [0.3, 0.4) is 0 Å². The number of aliphatic hydroxyl groups is 1. The molecule has 0 saturated heterocycles. The van der Waals surface area contributed by atoms with Crippen LogP contribution in [-0.2, 0) is 20.7 Å². The monoisotopic (exact) mass is 429 g/mol. The van der Waals surface area contributed by atoms with E-state index in [1.807, 2.05) is 13.8 Å². The van der Waals surface area contributed by atoms with E-state index in [0.717, 1.165) is 5.57 Å². The van der Waals surface area contributed by atoms with Crippen LogP contribution < -0.4 is 0 Å². The Hall–Kier alpha value is -2.93. The molecule has 6 nitrogen and oxygen atoms in total. The van der Waals surface area contributed by atoms with Crippen molar-refractivity contribution < 1.29 is 28.9 Å². The summed E-state index contributed by atoms with van der Waals surface area (Å²) in [5.41, 5.74) is 2.02. The lowest BCUT2D eigenvalue weighted by atomic mass is 9.79. The van der Waals surface area contributed by atoms with Gasteiger partial charge in [-0.25, -0.2) is 9.18 Å². The summed E-state index contributed by atoms with van der Waals surface area (Å²) in [6.45, 7) is 5.33. The van der Waals surface area contributed by atoms with Gasteiger partial charge in [0.05, 0.1) is 25.7 Å². The fourth-order valence-electron chi connectivity index (χ4n) is 4.24. The second-order valence-electron chi connectivity index (χ2n) is 8.34. The zero-order valence-electron chi connectivity index (χ0n) is 18.2. The molecule has 0 amide bonds. The Labute approximate surface area is 181 Å². The molecule has 1 aromatic carbocycles. The maximum absolute atomic E-state index is 14.6. The highest BCUT2D eigenvalue weighted by Gasteiger charge is 2.42. The van der Waals surface area contributed by atoms with Crippen LogP contribution in [0.2, 0.25) is 0 Å². The number of allylic oxidation sites excluding steroid dienone is 3. The lowest BCUT2D eigenvalue weighted by Crippen LogP contribution is -2.46. The Morgan fingerprint density at radius 3 is 2.65 bits per heavy atom. The number of ether oxygens (including phenoxy) is 1. The number of nitrogens with zero attached hydrogens (tertiary/aromatic N) is 1. The third-order valence-electron chi connectivity index (χ3n) is 6.02. The van der Waals surface area contributed by atoms with E-state index in [9.17, 15) is 24.2 Å². The number of aliphatic hydroxyl groups excluding tert-OH is 1. The van der Waals surface area contributed by atoms with Crippen molar-refractivity contribution in [3.63, 3.8) is 0 Å². The van der Waals surface area contributed by atoms with Crippen LogP contribution in [0.15, 0.2) is 53.1 Å². The molecule has 7 heteroatoms. The molecule has 0 spiro atoms. The van der Waals surface area contributed by atoms with Crippen molar-refractivity contribution in [2.75, 3.05) is 13.7 Å². The number of fused-ring (bicyclic) bond motifs is 1. The second-order valence-corrected chi connectivity index (χ2v) is 8.34. The lowest BCUT2D eigenvalue weighted by molar-refractivity contribution is -0.135. The van der Waals surface area contributed by atoms with Gasteiger partial charge in [0.15, 0.2) is 5.78 Å². The Kier molecular flexibility index (Phi) is 6.65. The van der Waals surface area contributed by atoms with Crippen molar-refractivity contribution >= 4 is 11.8 Å². The highest BCUT2D eigenvalue weighted by atomic mass is 19.1. The van der Waals surface area contributed by atoms with Gasteiger partial charge in [-0.1, -0.05) is 32.0 Å². The summed E-state index contributed by atoms with van der Waals surface area (Å²) in [6, 6.07) is 4.76. The van der Waals surface area contributed by atoms with Gasteiger partial charge < -0.3 is 19.8 Å². The van der Waals surface area contributed by atoms with Crippen molar-refractivity contribution in [1.29, 1.82) is 0 Å². The van der Waals surface area contributed by atoms with Gasteiger partial charge in [-0.3, -0.25) is 4.79 Å². The first-order valence-corrected chi connectivity index (χ1v) is 10.3. The average Bonchev–Trinajstić information content (AvgIpc) is 2.72. The number of methoxy groups -OCH3 is 1. The van der Waals surface area contributed by atoms with E-state index in [1.165, 1.54) is 13.3 Å². The number of hydrogen-bond donors (Lipinski definition) is 2. The van der Waals surface area contributed by atoms with Gasteiger partial charge in [0.1, 0.15) is 17.1 Å². The molecule has 1 unspecified atom stereocenters. The quantitative estimate of drug-likeness (QED) is 0.647. The van der Waals surface area contributed by atoms with Crippen LogP contribution in [0, 0.1) is 24.6 Å². The topological polar surface area (TPSA) is 87.1 Å². The third-order valence-corrected chi connectivity index (χ3v) is 6.02. The van der Waals surface area contributed by atoms with Crippen LogP contribution in [0.1, 0.15) is 31.4 Å². The van der Waals surface area contributed by atoms with Gasteiger partial charge in [0.2, 0.25) is 0 Å². The Balaban J connectivity index is 2.09. The van der Waals surface area contributed by atoms with E-state index in [-0.39, 0.29) is 36.8 Å². The molecule has 2 N–H and O–H groups in total. The predicted octanol–water partition coefficient (Wildman–Crippen LogP) is 3.35. The number of aliphatic carboxylic acids is 1. The van der Waals surface area contributed by atoms with E-state index < -0.39 is 23.7 Å². The van der Waals surface area contributed by atoms with Crippen molar-refractivity contribution in [3.05, 3.63) is 70.0 Å². The van der Waals surface area contributed by atoms with Gasteiger partial charge in [0.25, 0.3) is 0 Å². The van der Waals surface area contributed by atoms with E-state index >= 15 is 0 Å². The number of carbonyl (C=O) groups is 2. The van der Waals surface area contributed by atoms with Crippen LogP contribution in [-0.4, -0.2) is 46.6 Å². The van der Waals surface area contributed by atoms with Crippen molar-refractivity contribution in [2.45, 2.75) is 39.7 Å². The van der Waals surface area contributed by atoms with Crippen molar-refractivity contribution in [2.24, 2.45) is 11.8 Å². The molecule has 31 heavy (non-hydrogen) atoms. The van der Waals surface area contributed by atoms with Crippen molar-refractivity contribution in [1.82, 2.24) is 4.90 Å². The van der Waals surface area contributed by atoms with E-state index in [4.69, 9.17) is 4.74 Å². The number of Topliss-reactive ketones (excluding diaryl/α,β-unsaturated/α-hetero) is 1. The smallest absolute Gasteiger partial charge is 0.340 e. The van der Waals surface area contributed by atoms with Gasteiger partial charge in [0, 0.05) is 24.4 Å². The SMILES string of the molecule is COC1=C(Cc2cccc(C)c2F)CC2C(=O)C(C(=O)O)=CN([C@H](CO)C(C)C)C2=C1. The van der Waals surface area contributed by atoms with E-state index in [2.05, 4.69) is 0 Å². The molecular weight excluding hydrogens is 401 g/mol. The number of ketones is 1. The van der Waals surface area contributed by atoms with Crippen LogP contribution in [0.25, 0.3) is 0 Å². The number of hydrogen-bond acceptors (Lipinski definition) is 5. The highest BCUT2D eigenvalue weighted by molar-refractivity contribution is 6.19. The Morgan fingerprint density at radius 2 is 2.06 bits per heavy atom. The van der Waals surface area contributed by atoms with Gasteiger partial charge in [-0.15, -0.1) is 0 Å². The fraction of sp³-hybridized carbons (Fsp3) is 0.417. The fourth-order valence-corrected chi connectivity index (χ4v) is 4.24. The maximum Gasteiger partial charge on any atom is 0.340 e. The predicted molar refractivity (Wildman–Crippen MR) is 113 cm³/mol. The number of carbonyl (C=O) groups excluding carboxylic acids is 1. The van der Waals surface area contributed by atoms with Gasteiger partial charge >= 0.3 is 5.97 Å². The van der Waals surface area contributed by atoms with Crippen LogP contribution in [0.5, 0.6) is 0 Å². The van der Waals surface area contributed by atoms with Crippen LogP contribution in [0.4, 0.5) is 4.39 Å². The summed E-state index contributed by atoms with van der Waals surface area (Å²) in [5.74, 6) is -2.30. The van der Waals surface area contributed by atoms with Gasteiger partial charge in [-0.2, -0.15) is 0 Å². The molecule has 0 fully saturated rings. The standard InChI is InChI=1S/C24H28FNO5/c1-13(2)20(12-27)26-11-18(24(29)30)23(28)17-9-16(21(31-4)10-19(17)26)8-15-7-5-6-14(3)22(15)25/h5-7,10-11,13,17,20,27H,8-9,12H2,1-4H3,(H,29,30)/t17?,20-/m1/s1. The second kappa shape index (κ2) is 9.06. The molecule has 1 aliphatic carbocycles. The third kappa shape index (κ3) is 4.28. The number of rotatable bonds is 7. The molecule has 2 aliphatic rings. The highest BCUT2D eigenvalue weighted by Crippen LogP contribution is 2.40. The summed E-state index contributed by atoms with van der Waals surface area (Å²) >= 11 is 0. The molecule has 0 bridgehead atoms. The van der Waals surface area contributed by atoms with E-state index in [0.29, 0.717) is 22.6 Å². The summed E-state index contributed by atoms with van der Waals surface area (Å²) in [6.07, 6.45) is 3.50. The van der Waals surface area contributed by atoms with Crippen molar-refractivity contribution in [3.8, 4) is 0 Å². The minimum absolute atomic E-state index is 0.00353. The summed E-state index contributed by atoms with van der Waals surface area (Å²) in [5, 5.41) is 19.5. The molecule has 1 heterocycles. The molecule has 0 saturated carbocycles. The molecule has 1 aliphatic heterocycles. The lowest BCUT2D eigenvalue weighted by Gasteiger charge is -2.42. The largest absolute Gasteiger partial charge is 0.497 e. The first-order valence-electron chi connectivity index (χ1n) is 10.3. The minimum Gasteiger partial charge on any atom is -0.497 e. The van der Waals surface area contributed by atoms with E-state index in [1.54, 1.807) is 36.1 Å². The van der Waals surface area contributed by atoms with Gasteiger partial charge in [-0.05, 0) is 36.0 Å². The normalized spacial score (nSPS) is 19.8. The maximum atomic E-state index is 14.6. The molecule has 0 aromatic heterocycles. The Bertz CT molecular complexity index is 992. The summed E-state index contributed by atoms with van der Waals surface area (Å²) in [4.78, 5) is 26.5. The molecule has 3 rings (SSSR count). The minimum atomic E-state index is -1.30. The number of halogens is 1. The zero-order chi connectivity index (χ0) is 22.9.